The van der Waals surface area contributed by atoms with Gasteiger partial charge in [0, 0.05) is 11.6 Å². The number of pyridine rings is 1. The number of benzene rings is 1. The first-order chi connectivity index (χ1) is 9.19. The third-order valence-corrected chi connectivity index (χ3v) is 2.73. The fraction of sp³-hybridized carbons (Fsp3) is 0.143. The normalized spacial score (nSPS) is 9.74. The van der Waals surface area contributed by atoms with Crippen molar-refractivity contribution < 1.29 is 9.47 Å². The van der Waals surface area contributed by atoms with Crippen molar-refractivity contribution in [3.63, 3.8) is 0 Å². The predicted molar refractivity (Wildman–Crippen MR) is 70.3 cm³/mol. The molecule has 0 fully saturated rings. The molecule has 0 amide bonds. The third kappa shape index (κ3) is 2.43. The lowest BCUT2D eigenvalue weighted by Crippen LogP contribution is -2.10. The van der Waals surface area contributed by atoms with E-state index in [0.29, 0.717) is 17.2 Å². The second-order valence-corrected chi connectivity index (χ2v) is 3.79. The maximum atomic E-state index is 11.6. The van der Waals surface area contributed by atoms with Gasteiger partial charge in [-0.1, -0.05) is 0 Å². The highest BCUT2D eigenvalue weighted by molar-refractivity contribution is 5.68. The molecule has 0 aliphatic rings. The van der Waals surface area contributed by atoms with Gasteiger partial charge in [0.05, 0.1) is 19.9 Å². The molecule has 0 aliphatic carbocycles. The van der Waals surface area contributed by atoms with Crippen LogP contribution in [0.3, 0.4) is 0 Å². The highest BCUT2D eigenvalue weighted by Gasteiger charge is 2.09. The molecule has 5 heteroatoms. The molecule has 0 saturated heterocycles. The van der Waals surface area contributed by atoms with Crippen LogP contribution in [0.1, 0.15) is 5.56 Å². The van der Waals surface area contributed by atoms with Crippen LogP contribution in [0.5, 0.6) is 11.5 Å². The first-order valence-corrected chi connectivity index (χ1v) is 5.55. The molecular weight excluding hydrogens is 244 g/mol. The Kier molecular flexibility index (Phi) is 3.53. The van der Waals surface area contributed by atoms with Gasteiger partial charge >= 0.3 is 0 Å². The van der Waals surface area contributed by atoms with Gasteiger partial charge in [-0.15, -0.1) is 0 Å². The smallest absolute Gasteiger partial charge is 0.266 e. The van der Waals surface area contributed by atoms with Crippen molar-refractivity contribution in [2.24, 2.45) is 0 Å². The van der Waals surface area contributed by atoms with Crippen molar-refractivity contribution in [1.82, 2.24) is 4.98 Å². The van der Waals surface area contributed by atoms with Crippen LogP contribution in [0.25, 0.3) is 11.3 Å². The summed E-state index contributed by atoms with van der Waals surface area (Å²) in [4.78, 5) is 14.3. The fourth-order valence-electron chi connectivity index (χ4n) is 1.74. The maximum absolute atomic E-state index is 11.6. The van der Waals surface area contributed by atoms with E-state index in [2.05, 4.69) is 4.98 Å². The van der Waals surface area contributed by atoms with Crippen molar-refractivity contribution in [3.05, 3.63) is 46.2 Å². The number of nitrogens with one attached hydrogen (secondary N) is 1. The van der Waals surface area contributed by atoms with Crippen LogP contribution >= 0.6 is 0 Å². The van der Waals surface area contributed by atoms with Crippen LogP contribution in [-0.4, -0.2) is 19.2 Å². The minimum Gasteiger partial charge on any atom is -0.497 e. The number of rotatable bonds is 3. The third-order valence-electron chi connectivity index (χ3n) is 2.73. The number of aromatic amines is 1. The van der Waals surface area contributed by atoms with Crippen LogP contribution in [0.2, 0.25) is 0 Å². The molecule has 0 aliphatic heterocycles. The van der Waals surface area contributed by atoms with Crippen LogP contribution in [0.4, 0.5) is 0 Å². The van der Waals surface area contributed by atoms with Crippen LogP contribution in [-0.2, 0) is 0 Å². The van der Waals surface area contributed by atoms with E-state index in [1.165, 1.54) is 6.07 Å². The molecule has 0 saturated carbocycles. The van der Waals surface area contributed by atoms with Gasteiger partial charge in [0.15, 0.2) is 0 Å². The van der Waals surface area contributed by atoms with Gasteiger partial charge in [-0.3, -0.25) is 4.79 Å². The number of nitrogens with zero attached hydrogens (tertiary/aromatic N) is 1. The van der Waals surface area contributed by atoms with E-state index in [9.17, 15) is 4.79 Å². The van der Waals surface area contributed by atoms with E-state index in [1.807, 2.05) is 6.07 Å². The first-order valence-electron chi connectivity index (χ1n) is 5.55. The molecule has 0 spiro atoms. The summed E-state index contributed by atoms with van der Waals surface area (Å²) in [5.74, 6) is 1.25. The van der Waals surface area contributed by atoms with Crippen LogP contribution < -0.4 is 15.0 Å². The predicted octanol–water partition coefficient (Wildman–Crippen LogP) is 1.93. The van der Waals surface area contributed by atoms with Gasteiger partial charge in [-0.25, -0.2) is 0 Å². The number of H-pyrrole nitrogens is 1. The molecule has 19 heavy (non-hydrogen) atoms. The Bertz CT molecular complexity index is 699. The average molecular weight is 256 g/mol. The quantitative estimate of drug-likeness (QED) is 0.910. The highest BCUT2D eigenvalue weighted by Crippen LogP contribution is 2.31. The lowest BCUT2D eigenvalue weighted by atomic mass is 10.1. The summed E-state index contributed by atoms with van der Waals surface area (Å²) in [5, 5.41) is 8.74. The fourth-order valence-corrected chi connectivity index (χ4v) is 1.74. The van der Waals surface area contributed by atoms with E-state index in [1.54, 1.807) is 38.5 Å². The van der Waals surface area contributed by atoms with E-state index < -0.39 is 5.56 Å². The first kappa shape index (κ1) is 12.7. The Morgan fingerprint density at radius 3 is 2.53 bits per heavy atom. The number of hydrogen-bond donors (Lipinski definition) is 1. The molecule has 0 atom stereocenters. The SMILES string of the molecule is COc1ccc(-c2ccc(C#N)c(=O)[nH]2)c(OC)c1. The summed E-state index contributed by atoms with van der Waals surface area (Å²) in [5.41, 5.74) is 0.975. The minimum atomic E-state index is -0.419. The number of methoxy groups -OCH3 is 2. The Labute approximate surface area is 110 Å². The number of aromatic nitrogens is 1. The van der Waals surface area contributed by atoms with Crippen LogP contribution in [0, 0.1) is 11.3 Å². The summed E-state index contributed by atoms with van der Waals surface area (Å²) < 4.78 is 10.4. The number of hydrogen-bond acceptors (Lipinski definition) is 4. The van der Waals surface area contributed by atoms with Crippen molar-refractivity contribution >= 4 is 0 Å². The molecule has 0 unspecified atom stereocenters. The summed E-state index contributed by atoms with van der Waals surface area (Å²) in [6.45, 7) is 0. The topological polar surface area (TPSA) is 75.1 Å². The lowest BCUT2D eigenvalue weighted by molar-refractivity contribution is 0.395. The summed E-state index contributed by atoms with van der Waals surface area (Å²) in [6.07, 6.45) is 0. The Balaban J connectivity index is 2.56. The summed E-state index contributed by atoms with van der Waals surface area (Å²) in [6, 6.07) is 10.3. The average Bonchev–Trinajstić information content (AvgIpc) is 2.46. The van der Waals surface area contributed by atoms with Gasteiger partial charge < -0.3 is 14.5 Å². The molecule has 0 bridgehead atoms. The van der Waals surface area contributed by atoms with Gasteiger partial charge in [0.25, 0.3) is 5.56 Å². The largest absolute Gasteiger partial charge is 0.497 e. The monoisotopic (exact) mass is 256 g/mol. The number of ether oxygens (including phenoxy) is 2. The Hall–Kier alpha value is -2.74. The van der Waals surface area contributed by atoms with E-state index >= 15 is 0 Å². The zero-order chi connectivity index (χ0) is 13.8. The van der Waals surface area contributed by atoms with Crippen molar-refractivity contribution in [2.45, 2.75) is 0 Å². The second kappa shape index (κ2) is 5.27. The van der Waals surface area contributed by atoms with E-state index in [-0.39, 0.29) is 5.56 Å². The molecule has 96 valence electrons. The van der Waals surface area contributed by atoms with Gasteiger partial charge in [0.2, 0.25) is 0 Å². The lowest BCUT2D eigenvalue weighted by Gasteiger charge is -2.10. The van der Waals surface area contributed by atoms with Crippen molar-refractivity contribution in [3.8, 4) is 28.8 Å². The summed E-state index contributed by atoms with van der Waals surface area (Å²) in [7, 11) is 3.11. The zero-order valence-corrected chi connectivity index (χ0v) is 10.6. The molecule has 1 N–H and O–H groups in total. The molecule has 2 aromatic rings. The van der Waals surface area contributed by atoms with Crippen LogP contribution in [0.15, 0.2) is 35.1 Å². The summed E-state index contributed by atoms with van der Waals surface area (Å²) >= 11 is 0. The van der Waals surface area contributed by atoms with E-state index in [0.717, 1.165) is 5.56 Å². The molecule has 5 nitrogen and oxygen atoms in total. The van der Waals surface area contributed by atoms with E-state index in [4.69, 9.17) is 14.7 Å². The molecule has 1 aromatic carbocycles. The number of nitriles is 1. The molecule has 2 rings (SSSR count). The standard InChI is InChI=1S/C14H12N2O3/c1-18-10-4-5-11(13(7-10)19-2)12-6-3-9(8-15)14(17)16-12/h3-7H,1-2H3,(H,16,17). The van der Waals surface area contributed by atoms with Gasteiger partial charge in [-0.05, 0) is 24.3 Å². The van der Waals surface area contributed by atoms with Crippen molar-refractivity contribution in [2.75, 3.05) is 14.2 Å². The molecular formula is C14H12N2O3. The van der Waals surface area contributed by atoms with Crippen molar-refractivity contribution in [1.29, 1.82) is 5.26 Å². The maximum Gasteiger partial charge on any atom is 0.266 e. The Morgan fingerprint density at radius 1 is 1.16 bits per heavy atom. The highest BCUT2D eigenvalue weighted by atomic mass is 16.5. The second-order valence-electron chi connectivity index (χ2n) is 3.79. The molecule has 0 radical (unpaired) electrons. The zero-order valence-electron chi connectivity index (χ0n) is 10.6. The minimum absolute atomic E-state index is 0.0798. The molecule has 1 heterocycles. The van der Waals surface area contributed by atoms with Gasteiger partial charge in [0.1, 0.15) is 23.1 Å². The molecule has 1 aromatic heterocycles. The Morgan fingerprint density at radius 2 is 1.95 bits per heavy atom. The van der Waals surface area contributed by atoms with Gasteiger partial charge in [-0.2, -0.15) is 5.26 Å².